The molecule has 2 rings (SSSR count). The van der Waals surface area contributed by atoms with Crippen LogP contribution in [-0.4, -0.2) is 34.8 Å². The molecule has 21 heavy (non-hydrogen) atoms. The number of hydrogen-bond acceptors (Lipinski definition) is 3. The SMILES string of the molecule is CC(C)C(=O)N1CCC(C(=O)Nc2ccc(Cl)cn2)CC1. The lowest BCUT2D eigenvalue weighted by Gasteiger charge is -2.32. The molecule has 1 aliphatic rings. The van der Waals surface area contributed by atoms with Gasteiger partial charge < -0.3 is 10.2 Å². The number of pyridine rings is 1. The third kappa shape index (κ3) is 4.17. The van der Waals surface area contributed by atoms with Gasteiger partial charge in [-0.2, -0.15) is 0 Å². The first-order valence-corrected chi connectivity index (χ1v) is 7.56. The summed E-state index contributed by atoms with van der Waals surface area (Å²) in [7, 11) is 0. The Morgan fingerprint density at radius 2 is 2.00 bits per heavy atom. The van der Waals surface area contributed by atoms with Gasteiger partial charge in [-0.05, 0) is 25.0 Å². The van der Waals surface area contributed by atoms with Crippen molar-refractivity contribution in [1.29, 1.82) is 0 Å². The second kappa shape index (κ2) is 6.89. The smallest absolute Gasteiger partial charge is 0.228 e. The van der Waals surface area contributed by atoms with E-state index in [1.807, 2.05) is 18.7 Å². The van der Waals surface area contributed by atoms with Gasteiger partial charge in [0, 0.05) is 31.1 Å². The summed E-state index contributed by atoms with van der Waals surface area (Å²) >= 11 is 5.76. The molecule has 114 valence electrons. The number of halogens is 1. The molecule has 0 aliphatic carbocycles. The minimum Gasteiger partial charge on any atom is -0.342 e. The maximum Gasteiger partial charge on any atom is 0.228 e. The third-order valence-corrected chi connectivity index (χ3v) is 3.87. The van der Waals surface area contributed by atoms with Crippen LogP contribution in [0.4, 0.5) is 5.82 Å². The number of nitrogens with zero attached hydrogens (tertiary/aromatic N) is 2. The number of rotatable bonds is 3. The molecule has 0 saturated carbocycles. The number of carbonyl (C=O) groups is 2. The standard InChI is InChI=1S/C15H20ClN3O2/c1-10(2)15(21)19-7-5-11(6-8-19)14(20)18-13-4-3-12(16)9-17-13/h3-4,9-11H,5-8H2,1-2H3,(H,17,18,20). The second-order valence-corrected chi connectivity index (χ2v) is 6.04. The predicted molar refractivity (Wildman–Crippen MR) is 82.0 cm³/mol. The topological polar surface area (TPSA) is 62.3 Å². The van der Waals surface area contributed by atoms with E-state index >= 15 is 0 Å². The first-order valence-electron chi connectivity index (χ1n) is 7.18. The molecule has 1 saturated heterocycles. The van der Waals surface area contributed by atoms with Crippen LogP contribution in [0.5, 0.6) is 0 Å². The zero-order valence-corrected chi connectivity index (χ0v) is 13.1. The summed E-state index contributed by atoms with van der Waals surface area (Å²) in [5.41, 5.74) is 0. The van der Waals surface area contributed by atoms with Crippen molar-refractivity contribution >= 4 is 29.2 Å². The van der Waals surface area contributed by atoms with Gasteiger partial charge in [-0.3, -0.25) is 9.59 Å². The number of amides is 2. The molecule has 1 aromatic rings. The van der Waals surface area contributed by atoms with E-state index in [1.54, 1.807) is 12.1 Å². The molecule has 0 aromatic carbocycles. The number of carbonyl (C=O) groups excluding carboxylic acids is 2. The normalized spacial score (nSPS) is 16.1. The highest BCUT2D eigenvalue weighted by Crippen LogP contribution is 2.20. The summed E-state index contributed by atoms with van der Waals surface area (Å²) in [5, 5.41) is 3.33. The van der Waals surface area contributed by atoms with Crippen LogP contribution in [-0.2, 0) is 9.59 Å². The monoisotopic (exact) mass is 309 g/mol. The molecular weight excluding hydrogens is 290 g/mol. The Balaban J connectivity index is 1.86. The lowest BCUT2D eigenvalue weighted by Crippen LogP contribution is -2.43. The molecule has 0 spiro atoms. The van der Waals surface area contributed by atoms with E-state index < -0.39 is 0 Å². The van der Waals surface area contributed by atoms with E-state index in [2.05, 4.69) is 10.3 Å². The molecule has 1 fully saturated rings. The molecule has 0 unspecified atom stereocenters. The largest absolute Gasteiger partial charge is 0.342 e. The Labute approximate surface area is 129 Å². The Bertz CT molecular complexity index is 508. The van der Waals surface area contributed by atoms with Gasteiger partial charge in [-0.15, -0.1) is 0 Å². The minimum absolute atomic E-state index is 0.00800. The summed E-state index contributed by atoms with van der Waals surface area (Å²) in [6.07, 6.45) is 2.89. The molecule has 1 aromatic heterocycles. The quantitative estimate of drug-likeness (QED) is 0.933. The Kier molecular flexibility index (Phi) is 5.17. The highest BCUT2D eigenvalue weighted by atomic mass is 35.5. The summed E-state index contributed by atoms with van der Waals surface area (Å²) in [6.45, 7) is 5.08. The van der Waals surface area contributed by atoms with Crippen LogP contribution < -0.4 is 5.32 Å². The molecule has 0 atom stereocenters. The minimum atomic E-state index is -0.0707. The molecule has 2 heterocycles. The van der Waals surface area contributed by atoms with E-state index in [4.69, 9.17) is 11.6 Å². The van der Waals surface area contributed by atoms with Gasteiger partial charge in [0.05, 0.1) is 5.02 Å². The van der Waals surface area contributed by atoms with Gasteiger partial charge in [-0.1, -0.05) is 25.4 Å². The lowest BCUT2D eigenvalue weighted by atomic mass is 9.95. The molecule has 6 heteroatoms. The van der Waals surface area contributed by atoms with E-state index in [9.17, 15) is 9.59 Å². The molecule has 1 aliphatic heterocycles. The second-order valence-electron chi connectivity index (χ2n) is 5.61. The van der Waals surface area contributed by atoms with Crippen LogP contribution in [0, 0.1) is 11.8 Å². The molecular formula is C15H20ClN3O2. The summed E-state index contributed by atoms with van der Waals surface area (Å²) < 4.78 is 0. The van der Waals surface area contributed by atoms with Crippen molar-refractivity contribution < 1.29 is 9.59 Å². The van der Waals surface area contributed by atoms with Crippen molar-refractivity contribution in [2.75, 3.05) is 18.4 Å². The highest BCUT2D eigenvalue weighted by Gasteiger charge is 2.28. The fourth-order valence-corrected chi connectivity index (χ4v) is 2.52. The highest BCUT2D eigenvalue weighted by molar-refractivity contribution is 6.30. The van der Waals surface area contributed by atoms with Crippen LogP contribution in [0.25, 0.3) is 0 Å². The maximum absolute atomic E-state index is 12.2. The third-order valence-electron chi connectivity index (χ3n) is 3.65. The summed E-state index contributed by atoms with van der Waals surface area (Å²) in [6, 6.07) is 3.37. The van der Waals surface area contributed by atoms with Crippen LogP contribution in [0.2, 0.25) is 5.02 Å². The van der Waals surface area contributed by atoms with Crippen LogP contribution >= 0.6 is 11.6 Å². The van der Waals surface area contributed by atoms with Gasteiger partial charge in [0.25, 0.3) is 0 Å². The van der Waals surface area contributed by atoms with E-state index in [1.165, 1.54) is 6.20 Å². The summed E-state index contributed by atoms with van der Waals surface area (Å²) in [4.78, 5) is 30.0. The molecule has 0 radical (unpaired) electrons. The Morgan fingerprint density at radius 1 is 1.33 bits per heavy atom. The number of aromatic nitrogens is 1. The van der Waals surface area contributed by atoms with Gasteiger partial charge in [0.1, 0.15) is 5.82 Å². The maximum atomic E-state index is 12.2. The zero-order chi connectivity index (χ0) is 15.4. The average Bonchev–Trinajstić information content (AvgIpc) is 2.49. The van der Waals surface area contributed by atoms with Gasteiger partial charge in [-0.25, -0.2) is 4.98 Å². The van der Waals surface area contributed by atoms with Crippen molar-refractivity contribution in [2.24, 2.45) is 11.8 Å². The molecule has 0 bridgehead atoms. The Morgan fingerprint density at radius 3 is 2.52 bits per heavy atom. The van der Waals surface area contributed by atoms with Crippen molar-refractivity contribution in [3.8, 4) is 0 Å². The van der Waals surface area contributed by atoms with Crippen LogP contribution in [0.1, 0.15) is 26.7 Å². The van der Waals surface area contributed by atoms with Gasteiger partial charge in [0.15, 0.2) is 0 Å². The van der Waals surface area contributed by atoms with Crippen molar-refractivity contribution in [3.63, 3.8) is 0 Å². The predicted octanol–water partition coefficient (Wildman–Crippen LogP) is 2.57. The fraction of sp³-hybridized carbons (Fsp3) is 0.533. The lowest BCUT2D eigenvalue weighted by molar-refractivity contribution is -0.137. The van der Waals surface area contributed by atoms with Gasteiger partial charge in [0.2, 0.25) is 11.8 Å². The first kappa shape index (κ1) is 15.8. The molecule has 1 N–H and O–H groups in total. The van der Waals surface area contributed by atoms with Gasteiger partial charge >= 0.3 is 0 Å². The van der Waals surface area contributed by atoms with E-state index in [-0.39, 0.29) is 23.7 Å². The first-order chi connectivity index (χ1) is 9.97. The van der Waals surface area contributed by atoms with Crippen LogP contribution in [0.15, 0.2) is 18.3 Å². The number of piperidine rings is 1. The van der Waals surface area contributed by atoms with Crippen LogP contribution in [0.3, 0.4) is 0 Å². The number of nitrogens with one attached hydrogen (secondary N) is 1. The van der Waals surface area contributed by atoms with E-state index in [0.717, 1.165) is 0 Å². The number of likely N-dealkylation sites (tertiary alicyclic amines) is 1. The number of anilines is 1. The average molecular weight is 310 g/mol. The van der Waals surface area contributed by atoms with Crippen molar-refractivity contribution in [1.82, 2.24) is 9.88 Å². The molecule has 5 nitrogen and oxygen atoms in total. The van der Waals surface area contributed by atoms with E-state index in [0.29, 0.717) is 36.8 Å². The summed E-state index contributed by atoms with van der Waals surface area (Å²) in [5.74, 6) is 0.562. The van der Waals surface area contributed by atoms with Crippen molar-refractivity contribution in [2.45, 2.75) is 26.7 Å². The number of hydrogen-bond donors (Lipinski definition) is 1. The zero-order valence-electron chi connectivity index (χ0n) is 12.3. The van der Waals surface area contributed by atoms with Crippen molar-refractivity contribution in [3.05, 3.63) is 23.4 Å². The molecule has 2 amide bonds. The Hall–Kier alpha value is -1.62. The fourth-order valence-electron chi connectivity index (χ4n) is 2.41.